The zero-order chi connectivity index (χ0) is 15.9. The molecular formula is C14H18N4O3S. The zero-order valence-electron chi connectivity index (χ0n) is 12.7. The summed E-state index contributed by atoms with van der Waals surface area (Å²) in [5.41, 5.74) is 0.653. The summed E-state index contributed by atoms with van der Waals surface area (Å²) in [6.07, 6.45) is 1.65. The molecule has 0 saturated heterocycles. The number of aromatic nitrogens is 3. The number of rotatable bonds is 7. The number of carbonyl (C=O) groups is 1. The summed E-state index contributed by atoms with van der Waals surface area (Å²) in [4.78, 5) is 12.0. The molecule has 0 bridgehead atoms. The van der Waals surface area contributed by atoms with Crippen molar-refractivity contribution in [1.82, 2.24) is 14.8 Å². The molecule has 2 aromatic rings. The molecule has 0 fully saturated rings. The predicted octanol–water partition coefficient (Wildman–Crippen LogP) is 2.05. The van der Waals surface area contributed by atoms with Crippen LogP contribution in [0.25, 0.3) is 0 Å². The highest BCUT2D eigenvalue weighted by molar-refractivity contribution is 7.99. The number of nitrogens with one attached hydrogen (secondary N) is 1. The average molecular weight is 322 g/mol. The van der Waals surface area contributed by atoms with Gasteiger partial charge in [-0.05, 0) is 19.1 Å². The van der Waals surface area contributed by atoms with Gasteiger partial charge in [-0.2, -0.15) is 0 Å². The number of hydrogen-bond donors (Lipinski definition) is 1. The monoisotopic (exact) mass is 322 g/mol. The summed E-state index contributed by atoms with van der Waals surface area (Å²) in [7, 11) is 3.12. The minimum absolute atomic E-state index is 0.122. The van der Waals surface area contributed by atoms with Gasteiger partial charge in [-0.15, -0.1) is 10.2 Å². The number of nitrogens with zero attached hydrogens (tertiary/aromatic N) is 3. The molecule has 22 heavy (non-hydrogen) atoms. The molecule has 1 aromatic heterocycles. The van der Waals surface area contributed by atoms with Crippen molar-refractivity contribution in [1.29, 1.82) is 0 Å². The molecule has 0 saturated carbocycles. The molecule has 7 nitrogen and oxygen atoms in total. The number of hydrogen-bond acceptors (Lipinski definition) is 6. The predicted molar refractivity (Wildman–Crippen MR) is 84.6 cm³/mol. The number of amides is 1. The van der Waals surface area contributed by atoms with E-state index >= 15 is 0 Å². The highest BCUT2D eigenvalue weighted by atomic mass is 32.2. The number of carbonyl (C=O) groups excluding carboxylic acids is 1. The van der Waals surface area contributed by atoms with Crippen molar-refractivity contribution < 1.29 is 14.3 Å². The SMILES string of the molecule is CCn1cnnc1SCC(=O)Nc1ccc(OC)c(OC)c1. The van der Waals surface area contributed by atoms with Gasteiger partial charge in [0.15, 0.2) is 16.7 Å². The lowest BCUT2D eigenvalue weighted by atomic mass is 10.2. The molecule has 0 spiro atoms. The minimum Gasteiger partial charge on any atom is -0.493 e. The lowest BCUT2D eigenvalue weighted by Gasteiger charge is -2.10. The molecule has 0 radical (unpaired) electrons. The van der Waals surface area contributed by atoms with Crippen molar-refractivity contribution in [3.8, 4) is 11.5 Å². The van der Waals surface area contributed by atoms with Crippen LogP contribution in [0, 0.1) is 0 Å². The van der Waals surface area contributed by atoms with E-state index < -0.39 is 0 Å². The molecule has 0 atom stereocenters. The molecule has 1 heterocycles. The molecular weight excluding hydrogens is 304 g/mol. The van der Waals surface area contributed by atoms with E-state index in [1.54, 1.807) is 38.7 Å². The van der Waals surface area contributed by atoms with E-state index in [0.717, 1.165) is 11.7 Å². The maximum absolute atomic E-state index is 12.0. The quantitative estimate of drug-likeness (QED) is 0.786. The second-order valence-electron chi connectivity index (χ2n) is 4.31. The van der Waals surface area contributed by atoms with Crippen LogP contribution in [-0.4, -0.2) is 40.6 Å². The van der Waals surface area contributed by atoms with E-state index in [2.05, 4.69) is 15.5 Å². The van der Waals surface area contributed by atoms with Crippen LogP contribution in [0.5, 0.6) is 11.5 Å². The van der Waals surface area contributed by atoms with Gasteiger partial charge >= 0.3 is 0 Å². The topological polar surface area (TPSA) is 78.3 Å². The van der Waals surface area contributed by atoms with Crippen LogP contribution in [0.3, 0.4) is 0 Å². The Kier molecular flexibility index (Phi) is 5.65. The van der Waals surface area contributed by atoms with Gasteiger partial charge in [0.25, 0.3) is 0 Å². The van der Waals surface area contributed by atoms with E-state index in [-0.39, 0.29) is 11.7 Å². The van der Waals surface area contributed by atoms with Crippen molar-refractivity contribution in [2.75, 3.05) is 25.3 Å². The van der Waals surface area contributed by atoms with Crippen LogP contribution in [0.1, 0.15) is 6.92 Å². The van der Waals surface area contributed by atoms with Gasteiger partial charge < -0.3 is 19.4 Å². The van der Waals surface area contributed by atoms with E-state index in [1.807, 2.05) is 11.5 Å². The lowest BCUT2D eigenvalue weighted by Crippen LogP contribution is -2.14. The van der Waals surface area contributed by atoms with Gasteiger partial charge in [0, 0.05) is 18.3 Å². The number of anilines is 1. The molecule has 0 aliphatic heterocycles. The van der Waals surface area contributed by atoms with Crippen LogP contribution in [-0.2, 0) is 11.3 Å². The second kappa shape index (κ2) is 7.69. The normalized spacial score (nSPS) is 10.3. The van der Waals surface area contributed by atoms with E-state index in [9.17, 15) is 4.79 Å². The van der Waals surface area contributed by atoms with Gasteiger partial charge in [0.2, 0.25) is 5.91 Å². The Morgan fingerprint density at radius 3 is 2.77 bits per heavy atom. The van der Waals surface area contributed by atoms with Gasteiger partial charge in [-0.25, -0.2) is 0 Å². The standard InChI is InChI=1S/C14H18N4O3S/c1-4-18-9-15-17-14(18)22-8-13(19)16-10-5-6-11(20-2)12(7-10)21-3/h5-7,9H,4,8H2,1-3H3,(H,16,19). The Balaban J connectivity index is 1.94. The first-order chi connectivity index (χ1) is 10.7. The van der Waals surface area contributed by atoms with E-state index in [0.29, 0.717) is 17.2 Å². The summed E-state index contributed by atoms with van der Waals surface area (Å²) in [6.45, 7) is 2.77. The molecule has 1 aromatic carbocycles. The third kappa shape index (κ3) is 3.91. The van der Waals surface area contributed by atoms with Gasteiger partial charge in [0.05, 0.1) is 20.0 Å². The van der Waals surface area contributed by atoms with Crippen molar-refractivity contribution in [3.63, 3.8) is 0 Å². The summed E-state index contributed by atoms with van der Waals surface area (Å²) < 4.78 is 12.2. The third-order valence-corrected chi connectivity index (χ3v) is 3.90. The summed E-state index contributed by atoms with van der Waals surface area (Å²) in [5, 5.41) is 11.3. The van der Waals surface area contributed by atoms with E-state index in [1.165, 1.54) is 11.8 Å². The van der Waals surface area contributed by atoms with Crippen LogP contribution < -0.4 is 14.8 Å². The smallest absolute Gasteiger partial charge is 0.234 e. The average Bonchev–Trinajstić information content (AvgIpc) is 3.00. The Labute approximate surface area is 133 Å². The number of thioether (sulfide) groups is 1. The third-order valence-electron chi connectivity index (χ3n) is 2.92. The van der Waals surface area contributed by atoms with Crippen molar-refractivity contribution >= 4 is 23.4 Å². The molecule has 1 N–H and O–H groups in total. The molecule has 2 rings (SSSR count). The van der Waals surface area contributed by atoms with Gasteiger partial charge in [-0.1, -0.05) is 11.8 Å². The fourth-order valence-electron chi connectivity index (χ4n) is 1.81. The highest BCUT2D eigenvalue weighted by Gasteiger charge is 2.10. The summed E-state index contributed by atoms with van der Waals surface area (Å²) in [5.74, 6) is 1.32. The first kappa shape index (κ1) is 16.2. The Bertz CT molecular complexity index is 645. The van der Waals surface area contributed by atoms with Crippen LogP contribution in [0.2, 0.25) is 0 Å². The fraction of sp³-hybridized carbons (Fsp3) is 0.357. The molecule has 0 unspecified atom stereocenters. The van der Waals surface area contributed by atoms with Gasteiger partial charge in [-0.3, -0.25) is 4.79 Å². The largest absolute Gasteiger partial charge is 0.493 e. The maximum Gasteiger partial charge on any atom is 0.234 e. The summed E-state index contributed by atoms with van der Waals surface area (Å²) >= 11 is 1.34. The first-order valence-corrected chi connectivity index (χ1v) is 7.69. The Morgan fingerprint density at radius 1 is 1.32 bits per heavy atom. The second-order valence-corrected chi connectivity index (χ2v) is 5.25. The van der Waals surface area contributed by atoms with Crippen molar-refractivity contribution in [2.45, 2.75) is 18.6 Å². The van der Waals surface area contributed by atoms with E-state index in [4.69, 9.17) is 9.47 Å². The number of aryl methyl sites for hydroxylation is 1. The number of benzene rings is 1. The maximum atomic E-state index is 12.0. The van der Waals surface area contributed by atoms with Crippen LogP contribution in [0.4, 0.5) is 5.69 Å². The zero-order valence-corrected chi connectivity index (χ0v) is 13.5. The van der Waals surface area contributed by atoms with Crippen molar-refractivity contribution in [2.24, 2.45) is 0 Å². The minimum atomic E-state index is -0.122. The number of methoxy groups -OCH3 is 2. The van der Waals surface area contributed by atoms with Gasteiger partial charge in [0.1, 0.15) is 6.33 Å². The molecule has 0 aliphatic rings. The fourth-order valence-corrected chi connectivity index (χ4v) is 2.59. The van der Waals surface area contributed by atoms with Crippen LogP contribution >= 0.6 is 11.8 Å². The highest BCUT2D eigenvalue weighted by Crippen LogP contribution is 2.29. The number of ether oxygens (including phenoxy) is 2. The van der Waals surface area contributed by atoms with Crippen LogP contribution in [0.15, 0.2) is 29.7 Å². The Hall–Kier alpha value is -2.22. The summed E-state index contributed by atoms with van der Waals surface area (Å²) in [6, 6.07) is 5.23. The lowest BCUT2D eigenvalue weighted by molar-refractivity contribution is -0.113. The molecule has 1 amide bonds. The molecule has 0 aliphatic carbocycles. The Morgan fingerprint density at radius 2 is 2.09 bits per heavy atom. The van der Waals surface area contributed by atoms with Crippen molar-refractivity contribution in [3.05, 3.63) is 24.5 Å². The molecule has 8 heteroatoms. The first-order valence-electron chi connectivity index (χ1n) is 6.70. The molecule has 118 valence electrons.